The highest BCUT2D eigenvalue weighted by Gasteiger charge is 2.07. The van der Waals surface area contributed by atoms with Gasteiger partial charge < -0.3 is 15.7 Å². The first-order valence-electron chi connectivity index (χ1n) is 7.60. The van der Waals surface area contributed by atoms with Crippen LogP contribution in [0, 0.1) is 0 Å². The lowest BCUT2D eigenvalue weighted by atomic mass is 10.2. The van der Waals surface area contributed by atoms with Gasteiger partial charge in [0.15, 0.2) is 0 Å². The Balaban J connectivity index is 1.70. The Kier molecular flexibility index (Phi) is 5.02. The van der Waals surface area contributed by atoms with Crippen molar-refractivity contribution >= 4 is 29.1 Å². The van der Waals surface area contributed by atoms with E-state index in [1.54, 1.807) is 30.3 Å². The minimum Gasteiger partial charge on any atom is -0.478 e. The average Bonchev–Trinajstić information content (AvgIpc) is 2.63. The maximum atomic E-state index is 12.6. The normalized spacial score (nSPS) is 10.6. The number of anilines is 4. The van der Waals surface area contributed by atoms with E-state index in [1.165, 1.54) is 30.5 Å². The van der Waals surface area contributed by atoms with Crippen LogP contribution in [0.25, 0.3) is 0 Å². The Morgan fingerprint density at radius 2 is 1.54 bits per heavy atom. The number of rotatable bonds is 6. The third kappa shape index (κ3) is 4.29. The predicted octanol–water partition coefficient (Wildman–Crippen LogP) is 4.60. The third-order valence-corrected chi connectivity index (χ3v) is 3.48. The van der Waals surface area contributed by atoms with Crippen molar-refractivity contribution in [2.75, 3.05) is 10.6 Å². The van der Waals surface area contributed by atoms with E-state index in [-0.39, 0.29) is 11.1 Å². The van der Waals surface area contributed by atoms with E-state index in [2.05, 4.69) is 20.6 Å². The van der Waals surface area contributed by atoms with Crippen LogP contribution in [0.15, 0.2) is 60.8 Å². The van der Waals surface area contributed by atoms with Crippen LogP contribution in [-0.4, -0.2) is 21.0 Å². The molecule has 3 rings (SSSR count). The number of carboxylic acid groups (broad SMARTS) is 1. The molecule has 0 aliphatic rings. The highest BCUT2D eigenvalue weighted by atomic mass is 19.3. The summed E-state index contributed by atoms with van der Waals surface area (Å²) in [5, 5.41) is 14.9. The second-order valence-corrected chi connectivity index (χ2v) is 5.32. The maximum absolute atomic E-state index is 12.6. The van der Waals surface area contributed by atoms with Crippen LogP contribution in [0.5, 0.6) is 0 Å². The molecular formula is C18H14F2N4O2. The Bertz CT molecular complexity index is 900. The number of aromatic nitrogens is 2. The minimum atomic E-state index is -2.51. The lowest BCUT2D eigenvalue weighted by molar-refractivity contribution is 0.0697. The summed E-state index contributed by atoms with van der Waals surface area (Å²) in [6.45, 7) is 0. The molecule has 3 aromatic rings. The van der Waals surface area contributed by atoms with Crippen LogP contribution in [0.2, 0.25) is 0 Å². The fourth-order valence-corrected chi connectivity index (χ4v) is 2.17. The summed E-state index contributed by atoms with van der Waals surface area (Å²) in [6.07, 6.45) is -0.969. The molecular weight excluding hydrogens is 342 g/mol. The summed E-state index contributed by atoms with van der Waals surface area (Å²) < 4.78 is 25.1. The zero-order valence-corrected chi connectivity index (χ0v) is 13.4. The molecule has 0 aliphatic heterocycles. The number of nitrogens with zero attached hydrogens (tertiary/aromatic N) is 2. The van der Waals surface area contributed by atoms with Gasteiger partial charge in [0.2, 0.25) is 5.95 Å². The molecule has 1 aromatic heterocycles. The summed E-state index contributed by atoms with van der Waals surface area (Å²) in [6, 6.07) is 13.6. The van der Waals surface area contributed by atoms with Gasteiger partial charge in [-0.15, -0.1) is 0 Å². The number of benzene rings is 2. The van der Waals surface area contributed by atoms with Crippen LogP contribution < -0.4 is 10.6 Å². The number of hydrogen-bond acceptors (Lipinski definition) is 5. The van der Waals surface area contributed by atoms with E-state index in [4.69, 9.17) is 5.11 Å². The van der Waals surface area contributed by atoms with Crippen LogP contribution in [0.4, 0.5) is 31.9 Å². The van der Waals surface area contributed by atoms with Crippen LogP contribution in [0.1, 0.15) is 22.3 Å². The first kappa shape index (κ1) is 17.3. The molecule has 1 heterocycles. The van der Waals surface area contributed by atoms with Gasteiger partial charge in [-0.3, -0.25) is 0 Å². The molecule has 132 valence electrons. The molecule has 0 saturated carbocycles. The molecule has 0 aliphatic carbocycles. The summed E-state index contributed by atoms with van der Waals surface area (Å²) in [5.41, 5.74) is 1.38. The van der Waals surface area contributed by atoms with Crippen molar-refractivity contribution in [3.8, 4) is 0 Å². The van der Waals surface area contributed by atoms with Crippen molar-refractivity contribution in [1.29, 1.82) is 0 Å². The fourth-order valence-electron chi connectivity index (χ4n) is 2.17. The molecule has 0 unspecified atom stereocenters. The first-order valence-corrected chi connectivity index (χ1v) is 7.60. The highest BCUT2D eigenvalue weighted by Crippen LogP contribution is 2.22. The number of aromatic carboxylic acids is 1. The number of hydrogen-bond donors (Lipinski definition) is 3. The lowest BCUT2D eigenvalue weighted by Crippen LogP contribution is -2.01. The number of alkyl halides is 2. The summed E-state index contributed by atoms with van der Waals surface area (Å²) in [5.74, 6) is -0.214. The summed E-state index contributed by atoms with van der Waals surface area (Å²) >= 11 is 0. The number of carbonyl (C=O) groups is 1. The van der Waals surface area contributed by atoms with Crippen molar-refractivity contribution in [3.63, 3.8) is 0 Å². The average molecular weight is 356 g/mol. The Labute approximate surface area is 147 Å². The zero-order chi connectivity index (χ0) is 18.5. The fraction of sp³-hybridized carbons (Fsp3) is 0.0556. The highest BCUT2D eigenvalue weighted by molar-refractivity contribution is 5.88. The van der Waals surface area contributed by atoms with E-state index in [0.29, 0.717) is 23.1 Å². The molecule has 0 saturated heterocycles. The van der Waals surface area contributed by atoms with Gasteiger partial charge in [0.05, 0.1) is 5.56 Å². The second kappa shape index (κ2) is 7.56. The quantitative estimate of drug-likeness (QED) is 0.598. The molecule has 2 aromatic carbocycles. The standard InChI is InChI=1S/C18H14F2N4O2/c19-16(20)11-1-5-13(6-2-11)22-15-9-10-21-18(24-15)23-14-7-3-12(4-8-14)17(25)26/h1-10,16H,(H,25,26)(H2,21,22,23,24). The molecule has 0 bridgehead atoms. The molecule has 0 fully saturated rings. The van der Waals surface area contributed by atoms with Crippen molar-refractivity contribution in [2.24, 2.45) is 0 Å². The molecule has 0 radical (unpaired) electrons. The van der Waals surface area contributed by atoms with Gasteiger partial charge in [-0.2, -0.15) is 4.98 Å². The van der Waals surface area contributed by atoms with Gasteiger partial charge >= 0.3 is 5.97 Å². The van der Waals surface area contributed by atoms with Crippen LogP contribution >= 0.6 is 0 Å². The molecule has 26 heavy (non-hydrogen) atoms. The Morgan fingerprint density at radius 1 is 0.923 bits per heavy atom. The van der Waals surface area contributed by atoms with Crippen molar-refractivity contribution in [2.45, 2.75) is 6.43 Å². The molecule has 0 spiro atoms. The van der Waals surface area contributed by atoms with E-state index in [9.17, 15) is 13.6 Å². The lowest BCUT2D eigenvalue weighted by Gasteiger charge is -2.09. The largest absolute Gasteiger partial charge is 0.478 e. The van der Waals surface area contributed by atoms with Crippen molar-refractivity contribution in [3.05, 3.63) is 71.9 Å². The molecule has 6 nitrogen and oxygen atoms in total. The Hall–Kier alpha value is -3.55. The Morgan fingerprint density at radius 3 is 2.15 bits per heavy atom. The predicted molar refractivity (Wildman–Crippen MR) is 93.4 cm³/mol. The number of halogens is 2. The molecule has 0 atom stereocenters. The van der Waals surface area contributed by atoms with Gasteiger partial charge in [-0.1, -0.05) is 12.1 Å². The minimum absolute atomic E-state index is 0.0506. The molecule has 0 amide bonds. The van der Waals surface area contributed by atoms with E-state index < -0.39 is 12.4 Å². The topological polar surface area (TPSA) is 87.1 Å². The van der Waals surface area contributed by atoms with Crippen LogP contribution in [-0.2, 0) is 0 Å². The summed E-state index contributed by atoms with van der Waals surface area (Å²) in [4.78, 5) is 19.2. The second-order valence-electron chi connectivity index (χ2n) is 5.32. The van der Waals surface area contributed by atoms with E-state index >= 15 is 0 Å². The SMILES string of the molecule is O=C(O)c1ccc(Nc2nccc(Nc3ccc(C(F)F)cc3)n2)cc1. The van der Waals surface area contributed by atoms with Gasteiger partial charge in [-0.25, -0.2) is 18.6 Å². The van der Waals surface area contributed by atoms with Crippen molar-refractivity contribution in [1.82, 2.24) is 9.97 Å². The van der Waals surface area contributed by atoms with Crippen molar-refractivity contribution < 1.29 is 18.7 Å². The first-order chi connectivity index (χ1) is 12.5. The maximum Gasteiger partial charge on any atom is 0.335 e. The molecule has 8 heteroatoms. The zero-order valence-electron chi connectivity index (χ0n) is 13.4. The van der Waals surface area contributed by atoms with Gasteiger partial charge in [0, 0.05) is 23.1 Å². The number of nitrogens with one attached hydrogen (secondary N) is 2. The van der Waals surface area contributed by atoms with Gasteiger partial charge in [0.25, 0.3) is 6.43 Å². The number of carboxylic acids is 1. The van der Waals surface area contributed by atoms with Gasteiger partial charge in [0.1, 0.15) is 5.82 Å². The third-order valence-electron chi connectivity index (χ3n) is 3.48. The smallest absolute Gasteiger partial charge is 0.335 e. The summed E-state index contributed by atoms with van der Waals surface area (Å²) in [7, 11) is 0. The van der Waals surface area contributed by atoms with Gasteiger partial charge in [-0.05, 0) is 42.5 Å². The monoisotopic (exact) mass is 356 g/mol. The van der Waals surface area contributed by atoms with E-state index in [0.717, 1.165) is 0 Å². The molecule has 3 N–H and O–H groups in total. The van der Waals surface area contributed by atoms with E-state index in [1.807, 2.05) is 0 Å². The van der Waals surface area contributed by atoms with Crippen LogP contribution in [0.3, 0.4) is 0 Å².